The Balaban J connectivity index is 1.82. The summed E-state index contributed by atoms with van der Waals surface area (Å²) in [6.07, 6.45) is 0. The average molecular weight is 278 g/mol. The van der Waals surface area contributed by atoms with Gasteiger partial charge in [0.15, 0.2) is 0 Å². The average Bonchev–Trinajstić information content (AvgIpc) is 2.54. The van der Waals surface area contributed by atoms with E-state index in [1.807, 2.05) is 66.7 Å². The number of ether oxygens (including phenoxy) is 1. The minimum Gasteiger partial charge on any atom is -0.489 e. The van der Waals surface area contributed by atoms with Crippen LogP contribution in [0.15, 0.2) is 78.9 Å². The van der Waals surface area contributed by atoms with E-state index in [2.05, 4.69) is 0 Å². The molecule has 0 atom stereocenters. The van der Waals surface area contributed by atoms with Gasteiger partial charge in [0, 0.05) is 6.07 Å². The first-order valence-corrected chi connectivity index (χ1v) is 6.84. The van der Waals surface area contributed by atoms with Crippen LogP contribution in [-0.2, 0) is 6.61 Å². The molecule has 0 N–H and O–H groups in total. The van der Waals surface area contributed by atoms with Gasteiger partial charge < -0.3 is 4.74 Å². The summed E-state index contributed by atoms with van der Waals surface area (Å²) in [6.45, 7) is 0.429. The minimum absolute atomic E-state index is 0.292. The van der Waals surface area contributed by atoms with Gasteiger partial charge in [-0.25, -0.2) is 4.39 Å². The first kappa shape index (κ1) is 13.4. The lowest BCUT2D eigenvalue weighted by molar-refractivity contribution is 0.305. The van der Waals surface area contributed by atoms with Gasteiger partial charge in [0.2, 0.25) is 0 Å². The highest BCUT2D eigenvalue weighted by atomic mass is 19.1. The number of rotatable bonds is 4. The summed E-state index contributed by atoms with van der Waals surface area (Å²) in [6, 6.07) is 24.4. The van der Waals surface area contributed by atoms with E-state index in [1.165, 1.54) is 12.1 Å². The largest absolute Gasteiger partial charge is 0.489 e. The molecule has 3 aromatic rings. The number of halogens is 1. The molecule has 0 amide bonds. The van der Waals surface area contributed by atoms with E-state index in [9.17, 15) is 4.39 Å². The summed E-state index contributed by atoms with van der Waals surface area (Å²) in [4.78, 5) is 0. The predicted octanol–water partition coefficient (Wildman–Crippen LogP) is 5.07. The zero-order chi connectivity index (χ0) is 14.5. The van der Waals surface area contributed by atoms with E-state index < -0.39 is 0 Å². The Morgan fingerprint density at radius 2 is 1.38 bits per heavy atom. The van der Waals surface area contributed by atoms with E-state index in [-0.39, 0.29) is 5.82 Å². The fourth-order valence-corrected chi connectivity index (χ4v) is 2.18. The summed E-state index contributed by atoms with van der Waals surface area (Å²) in [7, 11) is 0. The fourth-order valence-electron chi connectivity index (χ4n) is 2.18. The van der Waals surface area contributed by atoms with Crippen molar-refractivity contribution in [1.82, 2.24) is 0 Å². The Morgan fingerprint density at radius 3 is 2.10 bits per heavy atom. The third-order valence-electron chi connectivity index (χ3n) is 3.23. The second kappa shape index (κ2) is 6.23. The molecule has 3 aromatic carbocycles. The van der Waals surface area contributed by atoms with Crippen molar-refractivity contribution >= 4 is 0 Å². The molecule has 0 heterocycles. The molecule has 0 saturated carbocycles. The van der Waals surface area contributed by atoms with Crippen molar-refractivity contribution in [3.8, 4) is 16.9 Å². The van der Waals surface area contributed by atoms with E-state index >= 15 is 0 Å². The fraction of sp³-hybridized carbons (Fsp3) is 0.0526. The number of hydrogen-bond donors (Lipinski definition) is 0. The molecule has 1 nitrogen and oxygen atoms in total. The molecular formula is C19H15FO. The van der Waals surface area contributed by atoms with Crippen LogP contribution in [0.5, 0.6) is 5.75 Å². The molecule has 0 aliphatic heterocycles. The Bertz CT molecular complexity index is 708. The maximum atomic E-state index is 13.8. The van der Waals surface area contributed by atoms with Gasteiger partial charge >= 0.3 is 0 Å². The van der Waals surface area contributed by atoms with Gasteiger partial charge in [-0.3, -0.25) is 0 Å². The summed E-state index contributed by atoms with van der Waals surface area (Å²) in [5.74, 6) is 0.247. The van der Waals surface area contributed by atoms with Crippen molar-refractivity contribution in [3.63, 3.8) is 0 Å². The zero-order valence-electron chi connectivity index (χ0n) is 11.5. The van der Waals surface area contributed by atoms with E-state index in [1.54, 1.807) is 0 Å². The smallest absolute Gasteiger partial charge is 0.127 e. The monoisotopic (exact) mass is 278 g/mol. The Hall–Kier alpha value is -2.61. The third kappa shape index (κ3) is 3.48. The van der Waals surface area contributed by atoms with Crippen molar-refractivity contribution in [2.75, 3.05) is 0 Å². The first-order valence-electron chi connectivity index (χ1n) is 6.84. The highest BCUT2D eigenvalue weighted by Crippen LogP contribution is 2.26. The Morgan fingerprint density at radius 1 is 0.714 bits per heavy atom. The van der Waals surface area contributed by atoms with Gasteiger partial charge in [-0.05, 0) is 28.8 Å². The van der Waals surface area contributed by atoms with Crippen LogP contribution in [0.4, 0.5) is 4.39 Å². The summed E-state index contributed by atoms with van der Waals surface area (Å²) >= 11 is 0. The molecule has 2 heteroatoms. The van der Waals surface area contributed by atoms with Crippen molar-refractivity contribution in [3.05, 3.63) is 90.2 Å². The number of hydrogen-bond acceptors (Lipinski definition) is 1. The van der Waals surface area contributed by atoms with E-state index in [4.69, 9.17) is 4.74 Å². The van der Waals surface area contributed by atoms with Gasteiger partial charge in [-0.15, -0.1) is 0 Å². The van der Waals surface area contributed by atoms with Crippen molar-refractivity contribution in [1.29, 1.82) is 0 Å². The van der Waals surface area contributed by atoms with E-state index in [0.29, 0.717) is 12.4 Å². The zero-order valence-corrected chi connectivity index (χ0v) is 11.5. The molecule has 0 bridgehead atoms. The molecule has 0 unspecified atom stereocenters. The second-order valence-corrected chi connectivity index (χ2v) is 4.82. The normalized spacial score (nSPS) is 10.3. The summed E-state index contributed by atoms with van der Waals surface area (Å²) < 4.78 is 19.5. The van der Waals surface area contributed by atoms with Crippen LogP contribution in [0.25, 0.3) is 11.1 Å². The Labute approximate surface area is 123 Å². The summed E-state index contributed by atoms with van der Waals surface area (Å²) in [5, 5.41) is 0. The van der Waals surface area contributed by atoms with Crippen LogP contribution in [0.1, 0.15) is 5.56 Å². The molecule has 0 saturated heterocycles. The molecule has 0 aliphatic rings. The first-order chi connectivity index (χ1) is 10.3. The molecule has 3 rings (SSSR count). The molecule has 0 spiro atoms. The van der Waals surface area contributed by atoms with Crippen molar-refractivity contribution in [2.24, 2.45) is 0 Å². The topological polar surface area (TPSA) is 9.23 Å². The molecule has 0 aromatic heterocycles. The quantitative estimate of drug-likeness (QED) is 0.647. The van der Waals surface area contributed by atoms with Crippen LogP contribution in [0.3, 0.4) is 0 Å². The maximum Gasteiger partial charge on any atom is 0.127 e. The third-order valence-corrected chi connectivity index (χ3v) is 3.23. The molecule has 0 radical (unpaired) electrons. The molecular weight excluding hydrogens is 263 g/mol. The lowest BCUT2D eigenvalue weighted by Gasteiger charge is -2.09. The molecule has 0 aliphatic carbocycles. The summed E-state index contributed by atoms with van der Waals surface area (Å²) in [5.41, 5.74) is 2.85. The SMILES string of the molecule is Fc1cc(OCc2ccccc2)cc(-c2ccccc2)c1. The predicted molar refractivity (Wildman–Crippen MR) is 82.6 cm³/mol. The van der Waals surface area contributed by atoms with Crippen LogP contribution in [0, 0.1) is 5.82 Å². The van der Waals surface area contributed by atoms with Crippen LogP contribution < -0.4 is 4.74 Å². The molecule has 21 heavy (non-hydrogen) atoms. The van der Waals surface area contributed by atoms with Gasteiger partial charge in [-0.1, -0.05) is 60.7 Å². The maximum absolute atomic E-state index is 13.8. The Kier molecular flexibility index (Phi) is 3.97. The molecule has 104 valence electrons. The van der Waals surface area contributed by atoms with Gasteiger partial charge in [0.25, 0.3) is 0 Å². The van der Waals surface area contributed by atoms with E-state index in [0.717, 1.165) is 16.7 Å². The van der Waals surface area contributed by atoms with Crippen molar-refractivity contribution < 1.29 is 9.13 Å². The lowest BCUT2D eigenvalue weighted by Crippen LogP contribution is -1.96. The second-order valence-electron chi connectivity index (χ2n) is 4.82. The lowest BCUT2D eigenvalue weighted by atomic mass is 10.1. The standard InChI is InChI=1S/C19H15FO/c20-18-11-17(16-9-5-2-6-10-16)12-19(13-18)21-14-15-7-3-1-4-8-15/h1-13H,14H2. The highest BCUT2D eigenvalue weighted by Gasteiger charge is 2.04. The van der Waals surface area contributed by atoms with Gasteiger partial charge in [-0.2, -0.15) is 0 Å². The van der Waals surface area contributed by atoms with Crippen LogP contribution in [0.2, 0.25) is 0 Å². The van der Waals surface area contributed by atoms with Crippen LogP contribution in [-0.4, -0.2) is 0 Å². The van der Waals surface area contributed by atoms with Crippen molar-refractivity contribution in [2.45, 2.75) is 6.61 Å². The van der Waals surface area contributed by atoms with Gasteiger partial charge in [0.05, 0.1) is 0 Å². The number of benzene rings is 3. The van der Waals surface area contributed by atoms with Gasteiger partial charge in [0.1, 0.15) is 18.2 Å². The highest BCUT2D eigenvalue weighted by molar-refractivity contribution is 5.65. The molecule has 0 fully saturated rings. The minimum atomic E-state index is -0.292. The van der Waals surface area contributed by atoms with Crippen LogP contribution >= 0.6 is 0 Å².